The summed E-state index contributed by atoms with van der Waals surface area (Å²) in [6.45, 7) is 2.60. The molecule has 0 saturated carbocycles. The number of aryl methyl sites for hydroxylation is 1. The van der Waals surface area contributed by atoms with Gasteiger partial charge in [0, 0.05) is 6.92 Å². The van der Waals surface area contributed by atoms with E-state index in [1.165, 1.54) is 12.5 Å². The van der Waals surface area contributed by atoms with E-state index in [0.717, 1.165) is 12.1 Å². The van der Waals surface area contributed by atoms with Gasteiger partial charge < -0.3 is 4.74 Å². The van der Waals surface area contributed by atoms with E-state index in [-0.39, 0.29) is 5.97 Å². The molecule has 0 aliphatic rings. The fourth-order valence-corrected chi connectivity index (χ4v) is 1.73. The predicted molar refractivity (Wildman–Crippen MR) is 80.2 cm³/mol. The molecule has 1 heterocycles. The maximum atomic E-state index is 10.7. The van der Waals surface area contributed by atoms with Crippen LogP contribution < -0.4 is 4.57 Å². The minimum atomic E-state index is -10.7. The zero-order chi connectivity index (χ0) is 19.4. The molecule has 0 bridgehead atoms. The van der Waals surface area contributed by atoms with Crippen LogP contribution >= 0.6 is 7.81 Å². The number of aromatic nitrogens is 2. The number of rotatable bonds is 4. The molecule has 142 valence electrons. The van der Waals surface area contributed by atoms with E-state index in [1.807, 2.05) is 42.5 Å². The van der Waals surface area contributed by atoms with E-state index >= 15 is 0 Å². The van der Waals surface area contributed by atoms with Gasteiger partial charge in [-0.2, -0.15) is 0 Å². The summed E-state index contributed by atoms with van der Waals surface area (Å²) in [6, 6.07) is 8.08. The van der Waals surface area contributed by atoms with Crippen molar-refractivity contribution >= 4 is 13.8 Å². The zero-order valence-electron chi connectivity index (χ0n) is 13.4. The number of carbonyl (C=O) groups excluding carboxylic acids is 1. The second-order valence-corrected chi connectivity index (χ2v) is 7.22. The summed E-state index contributed by atoms with van der Waals surface area (Å²) >= 11 is 0. The standard InChI is InChI=1S/C14H17N2O2.F6P/c1-12(17)18-10-14-5-3-13(4-6-14)9-16-8-7-15(2)11-16;1-7(2,3,4,5)6/h3-8,11H,9-10H2,1-2H3;/q+1;-1. The first-order chi connectivity index (χ1) is 11.1. The van der Waals surface area contributed by atoms with Gasteiger partial charge in [0.15, 0.2) is 0 Å². The number of imidazole rings is 1. The monoisotopic (exact) mass is 390 g/mol. The topological polar surface area (TPSA) is 35.1 Å². The molecular weight excluding hydrogens is 373 g/mol. The second kappa shape index (κ2) is 6.67. The number of hydrogen-bond donors (Lipinski definition) is 0. The third kappa shape index (κ3) is 12.9. The summed E-state index contributed by atoms with van der Waals surface area (Å²) in [7, 11) is -8.66. The van der Waals surface area contributed by atoms with E-state index in [0.29, 0.717) is 6.61 Å². The molecule has 1 aromatic carbocycles. The molecular formula is C14H17F6N2O2P. The van der Waals surface area contributed by atoms with Crippen LogP contribution in [0.1, 0.15) is 18.1 Å². The molecule has 0 radical (unpaired) electrons. The van der Waals surface area contributed by atoms with Crippen molar-refractivity contribution in [2.24, 2.45) is 7.05 Å². The van der Waals surface area contributed by atoms with E-state index in [9.17, 15) is 30.0 Å². The van der Waals surface area contributed by atoms with Crippen LogP contribution in [0, 0.1) is 0 Å². The Morgan fingerprint density at radius 2 is 1.56 bits per heavy atom. The van der Waals surface area contributed by atoms with Gasteiger partial charge in [-0.1, -0.05) is 24.3 Å². The molecule has 1 aromatic heterocycles. The van der Waals surface area contributed by atoms with Gasteiger partial charge >= 0.3 is 39.0 Å². The first kappa shape index (κ1) is 21.0. The Balaban J connectivity index is 0.000000381. The van der Waals surface area contributed by atoms with E-state index in [4.69, 9.17) is 4.74 Å². The molecule has 0 fully saturated rings. The summed E-state index contributed by atoms with van der Waals surface area (Å²) in [5.74, 6) is -0.251. The Bertz CT molecular complexity index is 714. The van der Waals surface area contributed by atoms with Crippen molar-refractivity contribution in [3.63, 3.8) is 0 Å². The van der Waals surface area contributed by atoms with Gasteiger partial charge in [0.05, 0.1) is 7.05 Å². The van der Waals surface area contributed by atoms with Crippen molar-refractivity contribution in [2.45, 2.75) is 20.1 Å². The van der Waals surface area contributed by atoms with Gasteiger partial charge in [0.2, 0.25) is 6.33 Å². The quantitative estimate of drug-likeness (QED) is 0.325. The second-order valence-electron chi connectivity index (χ2n) is 5.31. The molecule has 0 aliphatic heterocycles. The average molecular weight is 390 g/mol. The average Bonchev–Trinajstić information content (AvgIpc) is 2.80. The minimum absolute atomic E-state index is 0.251. The Kier molecular flexibility index (Phi) is 5.59. The number of hydrogen-bond acceptors (Lipinski definition) is 2. The first-order valence-electron chi connectivity index (χ1n) is 6.87. The molecule has 25 heavy (non-hydrogen) atoms. The van der Waals surface area contributed by atoms with Crippen molar-refractivity contribution in [3.8, 4) is 0 Å². The van der Waals surface area contributed by atoms with Crippen molar-refractivity contribution in [3.05, 3.63) is 54.1 Å². The normalized spacial score (nSPS) is 13.9. The molecule has 0 atom stereocenters. The van der Waals surface area contributed by atoms with E-state index < -0.39 is 7.81 Å². The van der Waals surface area contributed by atoms with Crippen molar-refractivity contribution in [2.75, 3.05) is 0 Å². The number of ether oxygens (including phenoxy) is 1. The molecule has 4 nitrogen and oxygen atoms in total. The molecule has 2 rings (SSSR count). The summed E-state index contributed by atoms with van der Waals surface area (Å²) in [5, 5.41) is 0. The molecule has 2 aromatic rings. The van der Waals surface area contributed by atoms with Crippen molar-refractivity contribution in [1.29, 1.82) is 0 Å². The van der Waals surface area contributed by atoms with Crippen LogP contribution in [-0.4, -0.2) is 10.5 Å². The van der Waals surface area contributed by atoms with Crippen molar-refractivity contribution in [1.82, 2.24) is 4.57 Å². The number of carbonyl (C=O) groups is 1. The first-order valence-corrected chi connectivity index (χ1v) is 8.90. The fourth-order valence-electron chi connectivity index (χ4n) is 1.73. The zero-order valence-corrected chi connectivity index (χ0v) is 14.3. The Labute approximate surface area is 139 Å². The predicted octanol–water partition coefficient (Wildman–Crippen LogP) is 4.81. The summed E-state index contributed by atoms with van der Waals surface area (Å²) in [5.41, 5.74) is 2.23. The molecule has 0 amide bonds. The van der Waals surface area contributed by atoms with Gasteiger partial charge in [0.1, 0.15) is 25.5 Å². The Morgan fingerprint density at radius 3 is 1.96 bits per heavy atom. The summed E-state index contributed by atoms with van der Waals surface area (Å²) < 4.78 is 68.3. The number of halogens is 6. The third-order valence-electron chi connectivity index (χ3n) is 2.65. The number of esters is 1. The van der Waals surface area contributed by atoms with Gasteiger partial charge in [-0.15, -0.1) is 0 Å². The van der Waals surface area contributed by atoms with Gasteiger partial charge in [-0.05, 0) is 11.1 Å². The van der Waals surface area contributed by atoms with E-state index in [2.05, 4.69) is 16.7 Å². The number of benzene rings is 1. The third-order valence-corrected chi connectivity index (χ3v) is 2.65. The molecule has 11 heteroatoms. The molecule has 0 saturated heterocycles. The van der Waals surface area contributed by atoms with Crippen LogP contribution in [-0.2, 0) is 29.7 Å². The summed E-state index contributed by atoms with van der Waals surface area (Å²) in [6.07, 6.45) is 6.08. The summed E-state index contributed by atoms with van der Waals surface area (Å²) in [4.78, 5) is 10.7. The van der Waals surface area contributed by atoms with Crippen LogP contribution in [0.2, 0.25) is 0 Å². The van der Waals surface area contributed by atoms with Crippen LogP contribution in [0.25, 0.3) is 0 Å². The van der Waals surface area contributed by atoms with E-state index in [1.54, 1.807) is 0 Å². The van der Waals surface area contributed by atoms with Gasteiger partial charge in [-0.3, -0.25) is 4.79 Å². The van der Waals surface area contributed by atoms with Crippen LogP contribution in [0.5, 0.6) is 0 Å². The fraction of sp³-hybridized carbons (Fsp3) is 0.286. The van der Waals surface area contributed by atoms with Gasteiger partial charge in [-0.25, -0.2) is 9.13 Å². The molecule has 0 N–H and O–H groups in total. The Morgan fingerprint density at radius 1 is 1.08 bits per heavy atom. The van der Waals surface area contributed by atoms with Crippen LogP contribution in [0.3, 0.4) is 0 Å². The molecule has 0 aliphatic carbocycles. The Hall–Kier alpha value is -2.09. The number of nitrogens with zero attached hydrogens (tertiary/aromatic N) is 2. The van der Waals surface area contributed by atoms with Gasteiger partial charge in [0.25, 0.3) is 0 Å². The molecule has 0 unspecified atom stereocenters. The maximum absolute atomic E-state index is 10.7. The van der Waals surface area contributed by atoms with Crippen molar-refractivity contribution < 1.29 is 39.3 Å². The van der Waals surface area contributed by atoms with Crippen LogP contribution in [0.4, 0.5) is 25.2 Å². The SMILES string of the molecule is CC(=O)OCc1ccc(Cn2cc[n+](C)c2)cc1.F[P-](F)(F)(F)(F)F. The van der Waals surface area contributed by atoms with Crippen LogP contribution in [0.15, 0.2) is 43.0 Å². The molecule has 0 spiro atoms.